The van der Waals surface area contributed by atoms with E-state index in [1.807, 2.05) is 109 Å². The molecule has 6 aromatic rings. The van der Waals surface area contributed by atoms with E-state index in [9.17, 15) is 10.2 Å². The van der Waals surface area contributed by atoms with Crippen LogP contribution in [0.15, 0.2) is 121 Å². The van der Waals surface area contributed by atoms with E-state index < -0.39 is 0 Å². The van der Waals surface area contributed by atoms with E-state index in [2.05, 4.69) is 0 Å². The van der Waals surface area contributed by atoms with Gasteiger partial charge in [0.2, 0.25) is 0 Å². The molecule has 4 nitrogen and oxygen atoms in total. The first-order chi connectivity index (χ1) is 17.7. The summed E-state index contributed by atoms with van der Waals surface area (Å²) in [5, 5.41) is 25.3. The molecule has 0 amide bonds. The van der Waals surface area contributed by atoms with Gasteiger partial charge < -0.3 is 19.7 Å². The van der Waals surface area contributed by atoms with Crippen molar-refractivity contribution in [3.63, 3.8) is 0 Å². The SMILES string of the molecule is Oc1ccc2cc(Oc3ccccc3)ccc2c1-c1c(O)ccc2cc(Oc3ccccc3)ccc12. The summed E-state index contributed by atoms with van der Waals surface area (Å²) in [6, 6.07) is 37.6. The van der Waals surface area contributed by atoms with Crippen LogP contribution in [0.1, 0.15) is 0 Å². The van der Waals surface area contributed by atoms with Crippen LogP contribution in [0.3, 0.4) is 0 Å². The maximum atomic E-state index is 10.9. The second-order valence-corrected chi connectivity index (χ2v) is 8.52. The molecule has 4 heteroatoms. The molecule has 174 valence electrons. The van der Waals surface area contributed by atoms with E-state index in [1.54, 1.807) is 12.1 Å². The maximum Gasteiger partial charge on any atom is 0.128 e. The van der Waals surface area contributed by atoms with Gasteiger partial charge in [0, 0.05) is 11.1 Å². The predicted molar refractivity (Wildman–Crippen MR) is 143 cm³/mol. The van der Waals surface area contributed by atoms with Crippen LogP contribution in [0, 0.1) is 0 Å². The summed E-state index contributed by atoms with van der Waals surface area (Å²) in [5.74, 6) is 3.05. The van der Waals surface area contributed by atoms with Crippen LogP contribution < -0.4 is 9.47 Å². The molecule has 0 unspecified atom stereocenters. The van der Waals surface area contributed by atoms with Gasteiger partial charge in [-0.15, -0.1) is 0 Å². The summed E-state index contributed by atoms with van der Waals surface area (Å²) in [6.45, 7) is 0. The van der Waals surface area contributed by atoms with Gasteiger partial charge in [0.05, 0.1) is 0 Å². The highest BCUT2D eigenvalue weighted by Gasteiger charge is 2.17. The zero-order chi connectivity index (χ0) is 24.5. The summed E-state index contributed by atoms with van der Waals surface area (Å²) in [7, 11) is 0. The van der Waals surface area contributed by atoms with Crippen molar-refractivity contribution in [2.75, 3.05) is 0 Å². The Labute approximate surface area is 208 Å². The van der Waals surface area contributed by atoms with Gasteiger partial charge in [-0.2, -0.15) is 0 Å². The molecule has 2 N–H and O–H groups in total. The minimum atomic E-state index is 0.0895. The Bertz CT molecular complexity index is 1560. The third kappa shape index (κ3) is 4.05. The number of phenols is 2. The van der Waals surface area contributed by atoms with E-state index in [4.69, 9.17) is 9.47 Å². The summed E-state index contributed by atoms with van der Waals surface area (Å²) < 4.78 is 12.0. The topological polar surface area (TPSA) is 58.9 Å². The lowest BCUT2D eigenvalue weighted by atomic mass is 9.92. The molecule has 0 fully saturated rings. The highest BCUT2D eigenvalue weighted by Crippen LogP contribution is 2.45. The van der Waals surface area contributed by atoms with Gasteiger partial charge in [-0.05, 0) is 94.3 Å². The molecule has 0 aliphatic rings. The standard InChI is InChI=1S/C32H22O4/c33-29-17-11-21-19-25(35-23-7-3-1-4-8-23)13-15-27(21)31(29)32-28-16-14-26(20-22(28)12-18-30(32)34)36-24-9-5-2-6-10-24/h1-20,33-34H. The molecule has 0 bridgehead atoms. The zero-order valence-corrected chi connectivity index (χ0v) is 19.3. The fourth-order valence-electron chi connectivity index (χ4n) is 4.49. The van der Waals surface area contributed by atoms with Crippen LogP contribution >= 0.6 is 0 Å². The minimum absolute atomic E-state index is 0.0895. The van der Waals surface area contributed by atoms with Gasteiger partial charge in [0.15, 0.2) is 0 Å². The molecule has 0 spiro atoms. The number of fused-ring (bicyclic) bond motifs is 2. The highest BCUT2D eigenvalue weighted by atomic mass is 16.5. The predicted octanol–water partition coefficient (Wildman–Crippen LogP) is 8.66. The molecule has 6 aromatic carbocycles. The van der Waals surface area contributed by atoms with Gasteiger partial charge in [-0.25, -0.2) is 0 Å². The number of benzene rings is 6. The molecule has 0 saturated heterocycles. The van der Waals surface area contributed by atoms with Crippen LogP contribution in [0.4, 0.5) is 0 Å². The quantitative estimate of drug-likeness (QED) is 0.265. The van der Waals surface area contributed by atoms with E-state index in [0.29, 0.717) is 22.6 Å². The molecule has 0 saturated carbocycles. The Kier molecular flexibility index (Phi) is 5.39. The van der Waals surface area contributed by atoms with Crippen LogP contribution in [0.5, 0.6) is 34.5 Å². The van der Waals surface area contributed by atoms with Crippen LogP contribution in [-0.4, -0.2) is 10.2 Å². The number of hydrogen-bond donors (Lipinski definition) is 2. The van der Waals surface area contributed by atoms with Gasteiger partial charge in [0.1, 0.15) is 34.5 Å². The molecular formula is C32H22O4. The Morgan fingerprint density at radius 2 is 0.806 bits per heavy atom. The van der Waals surface area contributed by atoms with Crippen molar-refractivity contribution in [2.24, 2.45) is 0 Å². The Morgan fingerprint density at radius 3 is 1.22 bits per heavy atom. The summed E-state index contributed by atoms with van der Waals surface area (Å²) in [4.78, 5) is 0. The first-order valence-electron chi connectivity index (χ1n) is 11.6. The minimum Gasteiger partial charge on any atom is -0.507 e. The van der Waals surface area contributed by atoms with Crippen LogP contribution in [-0.2, 0) is 0 Å². The summed E-state index contributed by atoms with van der Waals surface area (Å²) in [6.07, 6.45) is 0. The lowest BCUT2D eigenvalue weighted by molar-refractivity contribution is 0.470. The molecular weight excluding hydrogens is 448 g/mol. The Morgan fingerprint density at radius 1 is 0.389 bits per heavy atom. The van der Waals surface area contributed by atoms with Crippen molar-refractivity contribution in [3.05, 3.63) is 121 Å². The first-order valence-corrected chi connectivity index (χ1v) is 11.6. The van der Waals surface area contributed by atoms with Crippen molar-refractivity contribution in [3.8, 4) is 45.6 Å². The third-order valence-electron chi connectivity index (χ3n) is 6.15. The Hall–Kier alpha value is -4.96. The molecule has 0 aliphatic carbocycles. The number of ether oxygens (including phenoxy) is 2. The van der Waals surface area contributed by atoms with E-state index in [1.165, 1.54) is 0 Å². The average Bonchev–Trinajstić information content (AvgIpc) is 2.91. The van der Waals surface area contributed by atoms with E-state index >= 15 is 0 Å². The van der Waals surface area contributed by atoms with E-state index in [0.717, 1.165) is 33.0 Å². The average molecular weight is 471 g/mol. The summed E-state index contributed by atoms with van der Waals surface area (Å²) >= 11 is 0. The van der Waals surface area contributed by atoms with E-state index in [-0.39, 0.29) is 11.5 Å². The highest BCUT2D eigenvalue weighted by molar-refractivity contribution is 6.10. The lowest BCUT2D eigenvalue weighted by Gasteiger charge is -2.15. The van der Waals surface area contributed by atoms with Gasteiger partial charge in [0.25, 0.3) is 0 Å². The number of aromatic hydroxyl groups is 2. The van der Waals surface area contributed by atoms with Crippen molar-refractivity contribution in [1.82, 2.24) is 0 Å². The smallest absolute Gasteiger partial charge is 0.128 e. The van der Waals surface area contributed by atoms with Crippen molar-refractivity contribution in [1.29, 1.82) is 0 Å². The van der Waals surface area contributed by atoms with Gasteiger partial charge >= 0.3 is 0 Å². The van der Waals surface area contributed by atoms with Crippen molar-refractivity contribution in [2.45, 2.75) is 0 Å². The van der Waals surface area contributed by atoms with Crippen LogP contribution in [0.25, 0.3) is 32.7 Å². The molecule has 0 aliphatic heterocycles. The van der Waals surface area contributed by atoms with Crippen molar-refractivity contribution < 1.29 is 19.7 Å². The monoisotopic (exact) mass is 470 g/mol. The molecule has 0 radical (unpaired) electrons. The second-order valence-electron chi connectivity index (χ2n) is 8.52. The molecule has 36 heavy (non-hydrogen) atoms. The number of rotatable bonds is 5. The zero-order valence-electron chi connectivity index (χ0n) is 19.3. The fourth-order valence-corrected chi connectivity index (χ4v) is 4.49. The second kappa shape index (κ2) is 9.01. The number of hydrogen-bond acceptors (Lipinski definition) is 4. The van der Waals surface area contributed by atoms with Gasteiger partial charge in [-0.3, -0.25) is 0 Å². The lowest BCUT2D eigenvalue weighted by Crippen LogP contribution is -1.89. The Balaban J connectivity index is 1.45. The van der Waals surface area contributed by atoms with Gasteiger partial charge in [-0.1, -0.05) is 48.5 Å². The first kappa shape index (κ1) is 21.6. The molecule has 0 heterocycles. The molecule has 6 rings (SSSR count). The molecule has 0 aromatic heterocycles. The summed E-state index contributed by atoms with van der Waals surface area (Å²) in [5.41, 5.74) is 1.14. The largest absolute Gasteiger partial charge is 0.507 e. The third-order valence-corrected chi connectivity index (χ3v) is 6.15. The molecule has 0 atom stereocenters. The fraction of sp³-hybridized carbons (Fsp3) is 0. The number of para-hydroxylation sites is 2. The van der Waals surface area contributed by atoms with Crippen LogP contribution in [0.2, 0.25) is 0 Å². The van der Waals surface area contributed by atoms with Crippen molar-refractivity contribution >= 4 is 21.5 Å². The number of phenolic OH excluding ortho intramolecular Hbond substituents is 2. The maximum absolute atomic E-state index is 10.9. The normalized spacial score (nSPS) is 11.0.